The molecule has 36 heteroatoms. The van der Waals surface area contributed by atoms with E-state index in [9.17, 15) is 87.4 Å². The van der Waals surface area contributed by atoms with Gasteiger partial charge in [0.1, 0.15) is 19.6 Å². The van der Waals surface area contributed by atoms with E-state index in [4.69, 9.17) is 0 Å². The van der Waals surface area contributed by atoms with Crippen molar-refractivity contribution in [1.82, 2.24) is 29.9 Å². The molecule has 388 valence electrons. The third kappa shape index (κ3) is 13.6. The molecule has 0 aliphatic rings. The Balaban J connectivity index is 1.43. The number of nitrogens with one attached hydrogen (secondary N) is 4. The molecule has 2 amide bonds. The van der Waals surface area contributed by atoms with Crippen LogP contribution in [0.1, 0.15) is 11.1 Å². The van der Waals surface area contributed by atoms with Gasteiger partial charge in [0.25, 0.3) is 60.7 Å². The van der Waals surface area contributed by atoms with Crippen LogP contribution < -0.4 is 21.3 Å². The van der Waals surface area contributed by atoms with E-state index < -0.39 is 149 Å². The quantitative estimate of drug-likeness (QED) is 0.0336. The number of anilines is 6. The Morgan fingerprint density at radius 3 is 1.03 bits per heavy atom. The molecule has 6 rings (SSSR count). The third-order valence-electron chi connectivity index (χ3n) is 9.20. The van der Waals surface area contributed by atoms with E-state index >= 15 is 0 Å². The predicted octanol–water partition coefficient (Wildman–Crippen LogP) is 2.78. The summed E-state index contributed by atoms with van der Waals surface area (Å²) in [4.78, 5) is 42.6. The Kier molecular flexibility index (Phi) is 15.4. The Labute approximate surface area is 417 Å². The van der Waals surface area contributed by atoms with Gasteiger partial charge in [0, 0.05) is 11.1 Å². The van der Waals surface area contributed by atoms with Gasteiger partial charge in [-0.25, -0.2) is 0 Å². The molecule has 10 N–H and O–H groups in total. The molecule has 74 heavy (non-hydrogen) atoms. The maximum Gasteiger partial charge on any atom is 0.296 e. The van der Waals surface area contributed by atoms with Crippen molar-refractivity contribution in [3.05, 3.63) is 109 Å². The first-order valence-corrected chi connectivity index (χ1v) is 27.8. The van der Waals surface area contributed by atoms with E-state index in [2.05, 4.69) is 64.3 Å². The minimum absolute atomic E-state index is 0.270. The molecule has 2 heterocycles. The van der Waals surface area contributed by atoms with Crippen LogP contribution in [0.25, 0.3) is 34.9 Å². The highest BCUT2D eigenvalue weighted by Gasteiger charge is 2.26. The largest absolute Gasteiger partial charge is 0.323 e. The maximum absolute atomic E-state index is 12.8. The van der Waals surface area contributed by atoms with E-state index in [1.807, 2.05) is 0 Å². The summed E-state index contributed by atoms with van der Waals surface area (Å²) in [7, 11) is -31.0. The van der Waals surface area contributed by atoms with Gasteiger partial charge >= 0.3 is 0 Å². The second kappa shape index (κ2) is 20.6. The fourth-order valence-electron chi connectivity index (χ4n) is 6.01. The summed E-state index contributed by atoms with van der Waals surface area (Å²) in [6.07, 6.45) is 3.51. The standard InChI is InChI=1S/C38H30N10O20S6/c1-3-31(49)41-37-45-33(43-35(47-37)39-25-13-11-23(69(51,52)53)17-29(25)73(63,64)65)21-9-7-19(27(15-21)71(57,58)59)5-6-20-8-10-22(16-28(20)72(60,61)62)34-44-36(48-38(46-34)42-32(50)4-2)40-26-14-12-24(70(54,55)56)18-30(26)74(66,67)68/h3-18H,1-2H2,(H,51,52,53)(H,54,55,56)(H,57,58,59)(H,60,61,62)(H,63,64,65)(H,66,67,68)(H2,39,41,43,45,47,49)(H2,40,42,44,46,48,50)/b6-5+. The Hall–Kier alpha value is -7.88. The molecule has 6 aromatic rings. The lowest BCUT2D eigenvalue weighted by atomic mass is 10.1. The maximum atomic E-state index is 12.8. The molecule has 2 aromatic heterocycles. The minimum Gasteiger partial charge on any atom is -0.323 e. The number of hydrogen-bond acceptors (Lipinski definition) is 22. The molecule has 0 saturated heterocycles. The lowest BCUT2D eigenvalue weighted by Gasteiger charge is -2.13. The van der Waals surface area contributed by atoms with Gasteiger partial charge < -0.3 is 10.6 Å². The van der Waals surface area contributed by atoms with E-state index in [0.717, 1.165) is 85.0 Å². The van der Waals surface area contributed by atoms with Gasteiger partial charge in [-0.15, -0.1) is 0 Å². The molecule has 0 saturated carbocycles. The Bertz CT molecular complexity index is 3860. The second-order valence-electron chi connectivity index (χ2n) is 14.3. The summed E-state index contributed by atoms with van der Waals surface area (Å²) >= 11 is 0. The van der Waals surface area contributed by atoms with Crippen molar-refractivity contribution in [2.45, 2.75) is 29.4 Å². The van der Waals surface area contributed by atoms with E-state index in [1.165, 1.54) is 0 Å². The summed E-state index contributed by atoms with van der Waals surface area (Å²) in [6, 6.07) is 9.76. The first-order valence-electron chi connectivity index (χ1n) is 19.2. The van der Waals surface area contributed by atoms with Crippen molar-refractivity contribution in [1.29, 1.82) is 0 Å². The van der Waals surface area contributed by atoms with Crippen molar-refractivity contribution in [3.63, 3.8) is 0 Å². The summed E-state index contributed by atoms with van der Waals surface area (Å²) in [6.45, 7) is 6.58. The number of hydrogen-bond donors (Lipinski definition) is 10. The molecule has 30 nitrogen and oxygen atoms in total. The van der Waals surface area contributed by atoms with Crippen LogP contribution in [0.2, 0.25) is 0 Å². The van der Waals surface area contributed by atoms with Gasteiger partial charge in [-0.2, -0.15) is 80.4 Å². The molecule has 0 atom stereocenters. The number of rotatable bonds is 18. The molecule has 0 aliphatic heterocycles. The number of aromatic nitrogens is 6. The number of carbonyl (C=O) groups is 2. The van der Waals surface area contributed by atoms with Crippen LogP contribution in [0.15, 0.2) is 127 Å². The molecule has 0 unspecified atom stereocenters. The highest BCUT2D eigenvalue weighted by Crippen LogP contribution is 2.33. The minimum atomic E-state index is -5.24. The predicted molar refractivity (Wildman–Crippen MR) is 255 cm³/mol. The van der Waals surface area contributed by atoms with Crippen LogP contribution in [0.5, 0.6) is 0 Å². The molecule has 0 aliphatic carbocycles. The van der Waals surface area contributed by atoms with Crippen LogP contribution in [0.3, 0.4) is 0 Å². The van der Waals surface area contributed by atoms with Gasteiger partial charge in [0.2, 0.25) is 35.6 Å². The smallest absolute Gasteiger partial charge is 0.296 e. The van der Waals surface area contributed by atoms with Crippen molar-refractivity contribution >= 4 is 120 Å². The number of amides is 2. The summed E-state index contributed by atoms with van der Waals surface area (Å²) in [5, 5.41) is 9.13. The van der Waals surface area contributed by atoms with Crippen molar-refractivity contribution in [3.8, 4) is 22.8 Å². The topological polar surface area (TPSA) is 486 Å². The van der Waals surface area contributed by atoms with Gasteiger partial charge in [-0.05, 0) is 71.8 Å². The van der Waals surface area contributed by atoms with Gasteiger partial charge in [-0.3, -0.25) is 47.5 Å². The molecule has 0 spiro atoms. The molecule has 4 aromatic carbocycles. The zero-order valence-corrected chi connectivity index (χ0v) is 41.1. The van der Waals surface area contributed by atoms with E-state index in [-0.39, 0.29) is 22.3 Å². The van der Waals surface area contributed by atoms with E-state index in [0.29, 0.717) is 12.1 Å². The summed E-state index contributed by atoms with van der Waals surface area (Å²) in [5.74, 6) is -5.29. The monoisotopic (exact) mass is 1140 g/mol. The summed E-state index contributed by atoms with van der Waals surface area (Å²) < 4.78 is 206. The van der Waals surface area contributed by atoms with Crippen LogP contribution in [0.4, 0.5) is 35.2 Å². The average molecular weight is 1140 g/mol. The van der Waals surface area contributed by atoms with Crippen molar-refractivity contribution in [2.75, 3.05) is 21.3 Å². The normalized spacial score (nSPS) is 12.5. The lowest BCUT2D eigenvalue weighted by molar-refractivity contribution is -0.112. The lowest BCUT2D eigenvalue weighted by Crippen LogP contribution is -2.14. The molecular formula is C38H30N10O20S6. The Morgan fingerprint density at radius 2 is 0.730 bits per heavy atom. The molecule has 0 bridgehead atoms. The van der Waals surface area contributed by atoms with Crippen LogP contribution in [-0.4, -0.2) is 120 Å². The zero-order chi connectivity index (χ0) is 54.9. The highest BCUT2D eigenvalue weighted by molar-refractivity contribution is 7.87. The SMILES string of the molecule is C=CC(=O)Nc1nc(Nc2ccc(S(=O)(=O)O)cc2S(=O)(=O)O)nc(-c2ccc(/C=C/c3ccc(-c4nc(NC(=O)C=C)nc(Nc5ccc(S(=O)(=O)O)cc5S(=O)(=O)O)n4)cc3S(=O)(=O)O)c(S(=O)(=O)O)c2)n1. The van der Waals surface area contributed by atoms with Crippen LogP contribution in [-0.2, 0) is 70.3 Å². The molecule has 0 radical (unpaired) electrons. The molecular weight excluding hydrogens is 1110 g/mol. The number of carbonyl (C=O) groups excluding carboxylic acids is 2. The zero-order valence-electron chi connectivity index (χ0n) is 36.2. The van der Waals surface area contributed by atoms with Gasteiger partial charge in [-0.1, -0.05) is 49.6 Å². The highest BCUT2D eigenvalue weighted by atomic mass is 32.2. The van der Waals surface area contributed by atoms with E-state index in [1.54, 1.807) is 0 Å². The fourth-order valence-corrected chi connectivity index (χ4v) is 9.93. The number of nitrogens with zero attached hydrogens (tertiary/aromatic N) is 6. The Morgan fingerprint density at radius 1 is 0.405 bits per heavy atom. The third-order valence-corrected chi connectivity index (χ3v) is 14.5. The number of benzene rings is 4. The average Bonchev–Trinajstić information content (AvgIpc) is 3.28. The van der Waals surface area contributed by atoms with Crippen molar-refractivity contribution in [2.24, 2.45) is 0 Å². The fraction of sp³-hybridized carbons (Fsp3) is 0. The van der Waals surface area contributed by atoms with Gasteiger partial charge in [0.05, 0.1) is 21.2 Å². The van der Waals surface area contributed by atoms with Crippen molar-refractivity contribution < 1.29 is 87.4 Å². The van der Waals surface area contributed by atoms with Crippen LogP contribution >= 0.6 is 0 Å². The first kappa shape index (κ1) is 55.4. The second-order valence-corrected chi connectivity index (χ2v) is 22.7. The molecule has 0 fully saturated rings. The van der Waals surface area contributed by atoms with Crippen LogP contribution in [0, 0.1) is 0 Å². The first-order chi connectivity index (χ1) is 34.1. The summed E-state index contributed by atoms with van der Waals surface area (Å²) in [5.41, 5.74) is -2.45. The van der Waals surface area contributed by atoms with Gasteiger partial charge in [0.15, 0.2) is 11.6 Å².